The first-order valence-electron chi connectivity index (χ1n) is 28.4. The molecule has 6 heteroatoms. The molecule has 392 valence electrons. The highest BCUT2D eigenvalue weighted by Crippen LogP contribution is 2.14. The maximum atomic E-state index is 12.8. The van der Waals surface area contributed by atoms with Gasteiger partial charge in [0.2, 0.25) is 0 Å². The Kier molecular flexibility index (Phi) is 53.4. The lowest BCUT2D eigenvalue weighted by Gasteiger charge is -2.18. The van der Waals surface area contributed by atoms with Gasteiger partial charge in [-0.3, -0.25) is 14.4 Å². The van der Waals surface area contributed by atoms with Gasteiger partial charge in [0, 0.05) is 19.3 Å². The second-order valence-electron chi connectivity index (χ2n) is 18.5. The molecular weight excluding hydrogens is 853 g/mol. The molecule has 0 amide bonds. The minimum Gasteiger partial charge on any atom is -0.462 e. The van der Waals surface area contributed by atoms with Gasteiger partial charge in [0.15, 0.2) is 6.10 Å². The van der Waals surface area contributed by atoms with Crippen LogP contribution in [0.3, 0.4) is 0 Å². The molecule has 0 heterocycles. The van der Waals surface area contributed by atoms with Crippen molar-refractivity contribution in [1.29, 1.82) is 0 Å². The molecule has 0 rings (SSSR count). The van der Waals surface area contributed by atoms with Gasteiger partial charge in [-0.25, -0.2) is 0 Å². The maximum absolute atomic E-state index is 12.8. The van der Waals surface area contributed by atoms with E-state index >= 15 is 0 Å². The van der Waals surface area contributed by atoms with Gasteiger partial charge in [0.05, 0.1) is 0 Å². The van der Waals surface area contributed by atoms with Gasteiger partial charge in [0.25, 0.3) is 0 Å². The number of hydrogen-bond donors (Lipinski definition) is 0. The summed E-state index contributed by atoms with van der Waals surface area (Å²) in [5, 5.41) is 0. The number of allylic oxidation sites excluding steroid dienone is 18. The molecule has 69 heavy (non-hydrogen) atoms. The Labute approximate surface area is 425 Å². The van der Waals surface area contributed by atoms with Crippen LogP contribution in [0.5, 0.6) is 0 Å². The highest BCUT2D eigenvalue weighted by Gasteiger charge is 2.19. The molecule has 0 saturated heterocycles. The van der Waals surface area contributed by atoms with Crippen LogP contribution < -0.4 is 0 Å². The molecule has 0 bridgehead atoms. The van der Waals surface area contributed by atoms with Crippen molar-refractivity contribution in [3.8, 4) is 0 Å². The second kappa shape index (κ2) is 56.7. The van der Waals surface area contributed by atoms with Crippen LogP contribution in [0.25, 0.3) is 0 Å². The monoisotopic (exact) mass is 957 g/mol. The zero-order chi connectivity index (χ0) is 50.0. The minimum atomic E-state index is -0.791. The van der Waals surface area contributed by atoms with Gasteiger partial charge >= 0.3 is 17.9 Å². The molecule has 0 fully saturated rings. The van der Waals surface area contributed by atoms with Crippen molar-refractivity contribution in [2.75, 3.05) is 13.2 Å². The Hall–Kier alpha value is -3.93. The number of carbonyl (C=O) groups excluding carboxylic acids is 3. The number of hydrogen-bond acceptors (Lipinski definition) is 6. The summed E-state index contributed by atoms with van der Waals surface area (Å²) in [6.07, 6.45) is 76.6. The third-order valence-electron chi connectivity index (χ3n) is 11.8. The molecule has 0 saturated carbocycles. The average molecular weight is 958 g/mol. The van der Waals surface area contributed by atoms with E-state index in [1.807, 2.05) is 0 Å². The predicted molar refractivity (Wildman–Crippen MR) is 297 cm³/mol. The molecular formula is C63H104O6. The van der Waals surface area contributed by atoms with E-state index in [0.717, 1.165) is 135 Å². The predicted octanol–water partition coefficient (Wildman–Crippen LogP) is 19.1. The summed E-state index contributed by atoms with van der Waals surface area (Å²) < 4.78 is 16.8. The van der Waals surface area contributed by atoms with Crippen molar-refractivity contribution in [3.05, 3.63) is 109 Å². The number of rotatable bonds is 50. The van der Waals surface area contributed by atoms with Crippen LogP contribution >= 0.6 is 0 Å². The first kappa shape index (κ1) is 65.1. The van der Waals surface area contributed by atoms with Gasteiger partial charge in [-0.1, -0.05) is 233 Å². The second-order valence-corrected chi connectivity index (χ2v) is 18.5. The Balaban J connectivity index is 4.29. The number of esters is 3. The SMILES string of the molecule is CC/C=C\C/C=C\C/C=C\C/C=C\C/C=C\C/C=C\C/C=C\C/C=C\CCCCCCC(=O)OCC(COC(=O)CCCCCCCCCCC)OC(=O)CCCCCCC/C=C\CCCCCC. The van der Waals surface area contributed by atoms with Crippen LogP contribution in [0.2, 0.25) is 0 Å². The van der Waals surface area contributed by atoms with Crippen molar-refractivity contribution in [2.45, 2.75) is 258 Å². The summed E-state index contributed by atoms with van der Waals surface area (Å²) in [5.41, 5.74) is 0. The van der Waals surface area contributed by atoms with Gasteiger partial charge in [-0.15, -0.1) is 0 Å². The average Bonchev–Trinajstić information content (AvgIpc) is 3.35. The zero-order valence-corrected chi connectivity index (χ0v) is 44.8. The van der Waals surface area contributed by atoms with E-state index in [1.54, 1.807) is 0 Å². The van der Waals surface area contributed by atoms with Crippen LogP contribution in [-0.2, 0) is 28.6 Å². The molecule has 0 radical (unpaired) electrons. The number of ether oxygens (including phenoxy) is 3. The van der Waals surface area contributed by atoms with Crippen molar-refractivity contribution in [3.63, 3.8) is 0 Å². The maximum Gasteiger partial charge on any atom is 0.306 e. The Morgan fingerprint density at radius 1 is 0.304 bits per heavy atom. The smallest absolute Gasteiger partial charge is 0.306 e. The van der Waals surface area contributed by atoms with Crippen molar-refractivity contribution >= 4 is 17.9 Å². The van der Waals surface area contributed by atoms with E-state index in [9.17, 15) is 14.4 Å². The Bertz CT molecular complexity index is 1420. The van der Waals surface area contributed by atoms with E-state index in [4.69, 9.17) is 14.2 Å². The third kappa shape index (κ3) is 54.9. The van der Waals surface area contributed by atoms with Gasteiger partial charge < -0.3 is 14.2 Å². The molecule has 1 unspecified atom stereocenters. The molecule has 0 N–H and O–H groups in total. The fraction of sp³-hybridized carbons (Fsp3) is 0.667. The normalized spacial score (nSPS) is 12.9. The van der Waals surface area contributed by atoms with E-state index in [0.29, 0.717) is 19.3 Å². The molecule has 0 aromatic rings. The molecule has 6 nitrogen and oxygen atoms in total. The molecule has 0 aliphatic carbocycles. The highest BCUT2D eigenvalue weighted by molar-refractivity contribution is 5.71. The molecule has 0 spiro atoms. The summed E-state index contributed by atoms with van der Waals surface area (Å²) >= 11 is 0. The summed E-state index contributed by atoms with van der Waals surface area (Å²) in [4.78, 5) is 38.0. The lowest BCUT2D eigenvalue weighted by molar-refractivity contribution is -0.167. The largest absolute Gasteiger partial charge is 0.462 e. The fourth-order valence-corrected chi connectivity index (χ4v) is 7.51. The fourth-order valence-electron chi connectivity index (χ4n) is 7.51. The van der Waals surface area contributed by atoms with E-state index in [-0.39, 0.29) is 31.1 Å². The van der Waals surface area contributed by atoms with E-state index < -0.39 is 6.10 Å². The van der Waals surface area contributed by atoms with E-state index in [2.05, 4.69) is 130 Å². The van der Waals surface area contributed by atoms with Crippen LogP contribution in [0, 0.1) is 0 Å². The molecule has 0 aliphatic rings. The van der Waals surface area contributed by atoms with Crippen molar-refractivity contribution in [1.82, 2.24) is 0 Å². The molecule has 0 aromatic heterocycles. The van der Waals surface area contributed by atoms with E-state index in [1.165, 1.54) is 77.0 Å². The topological polar surface area (TPSA) is 78.9 Å². The lowest BCUT2D eigenvalue weighted by Crippen LogP contribution is -2.30. The molecule has 1 atom stereocenters. The minimum absolute atomic E-state index is 0.0891. The van der Waals surface area contributed by atoms with Crippen LogP contribution in [0.1, 0.15) is 252 Å². The van der Waals surface area contributed by atoms with Gasteiger partial charge in [-0.2, -0.15) is 0 Å². The van der Waals surface area contributed by atoms with Crippen LogP contribution in [0.15, 0.2) is 109 Å². The Morgan fingerprint density at radius 3 is 0.913 bits per heavy atom. The van der Waals surface area contributed by atoms with Gasteiger partial charge in [0.1, 0.15) is 13.2 Å². The quantitative estimate of drug-likeness (QED) is 0.0262. The van der Waals surface area contributed by atoms with Crippen molar-refractivity contribution < 1.29 is 28.6 Å². The first-order chi connectivity index (χ1) is 34.0. The van der Waals surface area contributed by atoms with Crippen LogP contribution in [-0.4, -0.2) is 37.2 Å². The zero-order valence-electron chi connectivity index (χ0n) is 44.8. The summed E-state index contributed by atoms with van der Waals surface area (Å²) in [6.45, 7) is 6.45. The number of unbranched alkanes of at least 4 members (excludes halogenated alkanes) is 21. The summed E-state index contributed by atoms with van der Waals surface area (Å²) in [5.74, 6) is -0.929. The molecule has 0 aliphatic heterocycles. The highest BCUT2D eigenvalue weighted by atomic mass is 16.6. The number of carbonyl (C=O) groups is 3. The van der Waals surface area contributed by atoms with Crippen molar-refractivity contribution in [2.24, 2.45) is 0 Å². The standard InChI is InChI=1S/C63H104O6/c1-4-7-10-13-16-19-21-23-24-25-26-27-28-29-30-31-32-33-34-35-36-37-38-40-41-44-47-50-53-56-62(65)68-59-60(58-67-61(64)55-52-49-46-43-18-15-12-9-6-3)69-63(66)57-54-51-48-45-42-39-22-20-17-14-11-8-5-2/h7,10,16,19-20,22-24,26-27,29-30,32-33,35-36,38,40,60H,4-6,8-9,11-15,17-18,21,25,28,31,34,37,39,41-59H2,1-3H3/b10-7-,19-16-,22-20-,24-23-,27-26-,30-29-,33-32-,36-35-,40-38-. The lowest BCUT2D eigenvalue weighted by atomic mass is 10.1. The Morgan fingerprint density at radius 2 is 0.565 bits per heavy atom. The molecule has 0 aromatic carbocycles. The van der Waals surface area contributed by atoms with Crippen LogP contribution in [0.4, 0.5) is 0 Å². The summed E-state index contributed by atoms with van der Waals surface area (Å²) in [6, 6.07) is 0. The third-order valence-corrected chi connectivity index (χ3v) is 11.8. The van der Waals surface area contributed by atoms with Gasteiger partial charge in [-0.05, 0) is 109 Å². The summed E-state index contributed by atoms with van der Waals surface area (Å²) in [7, 11) is 0. The first-order valence-corrected chi connectivity index (χ1v) is 28.4.